The van der Waals surface area contributed by atoms with Crippen LogP contribution >= 0.6 is 11.3 Å². The van der Waals surface area contributed by atoms with E-state index in [1.165, 1.54) is 6.07 Å². The van der Waals surface area contributed by atoms with Crippen LogP contribution in [0.2, 0.25) is 0 Å². The summed E-state index contributed by atoms with van der Waals surface area (Å²) < 4.78 is 35.9. The van der Waals surface area contributed by atoms with Crippen LogP contribution in [0.15, 0.2) is 6.07 Å². The van der Waals surface area contributed by atoms with Gasteiger partial charge in [-0.15, -0.1) is 11.3 Å². The smallest absolute Gasteiger partial charge is 0.397 e. The molecule has 0 atom stereocenters. The normalized spacial score (nSPS) is 11.3. The number of nitrogens with two attached hydrogens (primary N) is 1. The van der Waals surface area contributed by atoms with Gasteiger partial charge in [0.15, 0.2) is 0 Å². The lowest BCUT2D eigenvalue weighted by Crippen LogP contribution is -2.22. The van der Waals surface area contributed by atoms with Crippen molar-refractivity contribution >= 4 is 27.9 Å². The highest BCUT2D eigenvalue weighted by Gasteiger charge is 2.27. The Morgan fingerprint density at radius 3 is 2.71 bits per heavy atom. The Balaban J connectivity index is 2.71. The van der Waals surface area contributed by atoms with E-state index in [1.807, 2.05) is 0 Å². The summed E-state index contributed by atoms with van der Waals surface area (Å²) in [5, 5.41) is 4.93. The predicted octanol–water partition coefficient (Wildman–Crippen LogP) is 2.05. The van der Waals surface area contributed by atoms with Crippen molar-refractivity contribution in [3.63, 3.8) is 0 Å². The summed E-state index contributed by atoms with van der Waals surface area (Å²) >= 11 is 0.900. The second-order valence-corrected chi connectivity index (χ2v) is 4.28. The highest BCUT2D eigenvalue weighted by molar-refractivity contribution is 7.18. The molecule has 1 aromatic heterocycles. The fourth-order valence-corrected chi connectivity index (χ4v) is 1.99. The number of rotatable bonds is 4. The number of carbonyl (C=O) groups is 1. The van der Waals surface area contributed by atoms with Crippen LogP contribution in [-0.4, -0.2) is 25.2 Å². The SMILES string of the molecule is CCNC(=O)c1sc(NCC(F)(F)F)cc1N. The highest BCUT2D eigenvalue weighted by atomic mass is 32.1. The maximum Gasteiger partial charge on any atom is 0.405 e. The Hall–Kier alpha value is -1.44. The van der Waals surface area contributed by atoms with Gasteiger partial charge in [-0.2, -0.15) is 13.2 Å². The van der Waals surface area contributed by atoms with E-state index in [-0.39, 0.29) is 21.5 Å². The summed E-state index contributed by atoms with van der Waals surface area (Å²) in [6.07, 6.45) is -4.30. The molecule has 0 aliphatic heterocycles. The number of hydrogen-bond donors (Lipinski definition) is 3. The molecule has 0 unspecified atom stereocenters. The van der Waals surface area contributed by atoms with Gasteiger partial charge in [0.05, 0.1) is 10.7 Å². The maximum atomic E-state index is 12.0. The molecule has 96 valence electrons. The van der Waals surface area contributed by atoms with E-state index in [9.17, 15) is 18.0 Å². The van der Waals surface area contributed by atoms with Crippen LogP contribution in [-0.2, 0) is 0 Å². The average molecular weight is 267 g/mol. The first kappa shape index (κ1) is 13.6. The number of anilines is 2. The summed E-state index contributed by atoms with van der Waals surface area (Å²) in [5.41, 5.74) is 5.71. The fourth-order valence-electron chi connectivity index (χ4n) is 1.10. The molecule has 0 aliphatic carbocycles. The lowest BCUT2D eigenvalue weighted by atomic mass is 10.3. The fraction of sp³-hybridized carbons (Fsp3) is 0.444. The highest BCUT2D eigenvalue weighted by Crippen LogP contribution is 2.30. The molecule has 0 spiro atoms. The van der Waals surface area contributed by atoms with Crippen molar-refractivity contribution in [3.05, 3.63) is 10.9 Å². The molecule has 0 saturated heterocycles. The summed E-state index contributed by atoms with van der Waals surface area (Å²) in [7, 11) is 0. The van der Waals surface area contributed by atoms with Crippen molar-refractivity contribution in [2.75, 3.05) is 24.1 Å². The molecule has 1 aromatic rings. The Kier molecular flexibility index (Phi) is 4.22. The van der Waals surface area contributed by atoms with Crippen LogP contribution in [0.5, 0.6) is 0 Å². The predicted molar refractivity (Wildman–Crippen MR) is 61.3 cm³/mol. The number of halogens is 3. The quantitative estimate of drug-likeness (QED) is 0.782. The van der Waals surface area contributed by atoms with Crippen molar-refractivity contribution in [3.8, 4) is 0 Å². The van der Waals surface area contributed by atoms with E-state index in [0.717, 1.165) is 11.3 Å². The van der Waals surface area contributed by atoms with Crippen molar-refractivity contribution in [1.29, 1.82) is 0 Å². The van der Waals surface area contributed by atoms with E-state index >= 15 is 0 Å². The largest absolute Gasteiger partial charge is 0.405 e. The zero-order chi connectivity index (χ0) is 13.1. The van der Waals surface area contributed by atoms with Gasteiger partial charge in [-0.1, -0.05) is 0 Å². The third kappa shape index (κ3) is 4.14. The maximum absolute atomic E-state index is 12.0. The van der Waals surface area contributed by atoms with Crippen molar-refractivity contribution < 1.29 is 18.0 Å². The van der Waals surface area contributed by atoms with Crippen LogP contribution in [0, 0.1) is 0 Å². The number of hydrogen-bond acceptors (Lipinski definition) is 4. The molecule has 8 heteroatoms. The number of alkyl halides is 3. The van der Waals surface area contributed by atoms with Gasteiger partial charge in [0.1, 0.15) is 11.4 Å². The second-order valence-electron chi connectivity index (χ2n) is 3.22. The number of thiophene rings is 1. The summed E-state index contributed by atoms with van der Waals surface area (Å²) in [4.78, 5) is 11.7. The van der Waals surface area contributed by atoms with E-state index in [1.54, 1.807) is 6.92 Å². The minimum atomic E-state index is -4.30. The van der Waals surface area contributed by atoms with Crippen LogP contribution in [0.3, 0.4) is 0 Å². The molecular formula is C9H12F3N3OS. The molecule has 0 saturated carbocycles. The van der Waals surface area contributed by atoms with Gasteiger partial charge in [-0.3, -0.25) is 4.79 Å². The van der Waals surface area contributed by atoms with Crippen molar-refractivity contribution in [1.82, 2.24) is 5.32 Å². The van der Waals surface area contributed by atoms with Gasteiger partial charge < -0.3 is 16.4 Å². The van der Waals surface area contributed by atoms with Crippen LogP contribution in [0.25, 0.3) is 0 Å². The number of carbonyl (C=O) groups excluding carboxylic acids is 1. The monoisotopic (exact) mass is 267 g/mol. The van der Waals surface area contributed by atoms with Gasteiger partial charge in [0.25, 0.3) is 5.91 Å². The molecule has 1 heterocycles. The Labute approximate surface area is 100.0 Å². The lowest BCUT2D eigenvalue weighted by molar-refractivity contribution is -0.115. The first-order valence-electron chi connectivity index (χ1n) is 4.81. The Morgan fingerprint density at radius 1 is 1.53 bits per heavy atom. The van der Waals surface area contributed by atoms with Gasteiger partial charge >= 0.3 is 6.18 Å². The van der Waals surface area contributed by atoms with Gasteiger partial charge in [0, 0.05) is 6.54 Å². The van der Waals surface area contributed by atoms with E-state index < -0.39 is 12.7 Å². The molecule has 0 fully saturated rings. The van der Waals surface area contributed by atoms with Crippen LogP contribution < -0.4 is 16.4 Å². The minimum absolute atomic E-state index is 0.172. The number of nitrogen functional groups attached to an aromatic ring is 1. The number of nitrogens with one attached hydrogen (secondary N) is 2. The molecular weight excluding hydrogens is 255 g/mol. The summed E-state index contributed by atoms with van der Waals surface area (Å²) in [5.74, 6) is -0.380. The average Bonchev–Trinajstić information content (AvgIpc) is 2.56. The topological polar surface area (TPSA) is 67.2 Å². The molecule has 1 amide bonds. The molecule has 1 rings (SSSR count). The molecule has 4 nitrogen and oxygen atoms in total. The summed E-state index contributed by atoms with van der Waals surface area (Å²) in [6.45, 7) is 1.02. The molecule has 0 aliphatic rings. The van der Waals surface area contributed by atoms with Gasteiger partial charge in [0.2, 0.25) is 0 Å². The van der Waals surface area contributed by atoms with Crippen LogP contribution in [0.1, 0.15) is 16.6 Å². The molecule has 4 N–H and O–H groups in total. The summed E-state index contributed by atoms with van der Waals surface area (Å²) in [6, 6.07) is 1.32. The third-order valence-electron chi connectivity index (χ3n) is 1.77. The van der Waals surface area contributed by atoms with Gasteiger partial charge in [-0.05, 0) is 13.0 Å². The first-order valence-corrected chi connectivity index (χ1v) is 5.63. The zero-order valence-corrected chi connectivity index (χ0v) is 9.84. The molecule has 0 radical (unpaired) electrons. The van der Waals surface area contributed by atoms with Crippen molar-refractivity contribution in [2.45, 2.75) is 13.1 Å². The molecule has 17 heavy (non-hydrogen) atoms. The van der Waals surface area contributed by atoms with E-state index in [2.05, 4.69) is 10.6 Å². The standard InChI is InChI=1S/C9H12F3N3OS/c1-2-14-8(16)7-5(13)3-6(17-7)15-4-9(10,11)12/h3,15H,2,4,13H2,1H3,(H,14,16). The number of amides is 1. The Morgan fingerprint density at radius 2 is 2.18 bits per heavy atom. The Bertz CT molecular complexity index is 403. The van der Waals surface area contributed by atoms with Gasteiger partial charge in [-0.25, -0.2) is 0 Å². The molecule has 0 bridgehead atoms. The van der Waals surface area contributed by atoms with Crippen LogP contribution in [0.4, 0.5) is 23.9 Å². The third-order valence-corrected chi connectivity index (χ3v) is 2.87. The second kappa shape index (κ2) is 5.26. The zero-order valence-electron chi connectivity index (χ0n) is 9.02. The lowest BCUT2D eigenvalue weighted by Gasteiger charge is -2.06. The van der Waals surface area contributed by atoms with Crippen molar-refractivity contribution in [2.24, 2.45) is 0 Å². The minimum Gasteiger partial charge on any atom is -0.397 e. The molecule has 0 aromatic carbocycles. The van der Waals surface area contributed by atoms with E-state index in [0.29, 0.717) is 6.54 Å². The first-order chi connectivity index (χ1) is 7.83. The van der Waals surface area contributed by atoms with E-state index in [4.69, 9.17) is 5.73 Å².